The summed E-state index contributed by atoms with van der Waals surface area (Å²) >= 11 is 0. The molecule has 0 bridgehead atoms. The molecule has 1 saturated heterocycles. The molecule has 9 heteroatoms. The third-order valence-electron chi connectivity index (χ3n) is 2.97. The van der Waals surface area contributed by atoms with Crippen LogP contribution in [0.5, 0.6) is 0 Å². The summed E-state index contributed by atoms with van der Waals surface area (Å²) in [6.45, 7) is -0.534. The highest BCUT2D eigenvalue weighted by molar-refractivity contribution is 5.94. The van der Waals surface area contributed by atoms with E-state index in [2.05, 4.69) is 10.6 Å². The average Bonchev–Trinajstić information content (AvgIpc) is 2.91. The van der Waals surface area contributed by atoms with Crippen LogP contribution in [0.15, 0.2) is 24.3 Å². The average molecular weight is 307 g/mol. The van der Waals surface area contributed by atoms with E-state index in [0.717, 1.165) is 0 Å². The van der Waals surface area contributed by atoms with Gasteiger partial charge in [-0.1, -0.05) is 6.07 Å². The predicted molar refractivity (Wildman–Crippen MR) is 73.8 cm³/mol. The number of nitrogens with zero attached hydrogens (tertiary/aromatic N) is 1. The third kappa shape index (κ3) is 4.01. The van der Waals surface area contributed by atoms with Crippen LogP contribution in [0.1, 0.15) is 12.8 Å². The van der Waals surface area contributed by atoms with Crippen LogP contribution in [-0.2, 0) is 19.1 Å². The monoisotopic (exact) mass is 307 g/mol. The summed E-state index contributed by atoms with van der Waals surface area (Å²) in [4.78, 5) is 44.2. The number of nitrogens with one attached hydrogen (secondary N) is 2. The lowest BCUT2D eigenvalue weighted by Gasteiger charge is -2.10. The molecule has 1 aromatic rings. The van der Waals surface area contributed by atoms with E-state index >= 15 is 0 Å². The number of anilines is 1. The van der Waals surface area contributed by atoms with Crippen LogP contribution < -0.4 is 10.6 Å². The number of carbonyl (C=O) groups is 3. The maximum absolute atomic E-state index is 11.6. The topological polar surface area (TPSA) is 128 Å². The molecule has 0 spiro atoms. The van der Waals surface area contributed by atoms with Crippen LogP contribution in [0.3, 0.4) is 0 Å². The molecule has 2 amide bonds. The second-order valence-electron chi connectivity index (χ2n) is 4.62. The minimum absolute atomic E-state index is 0.163. The number of non-ortho nitro benzene ring substituents is 1. The lowest BCUT2D eigenvalue weighted by atomic mass is 10.2. The first-order chi connectivity index (χ1) is 10.5. The molecule has 1 aliphatic rings. The summed E-state index contributed by atoms with van der Waals surface area (Å²) in [5.41, 5.74) is 0.0629. The number of rotatable bonds is 5. The highest BCUT2D eigenvalue weighted by Gasteiger charge is 2.28. The smallest absolute Gasteiger partial charge is 0.329 e. The number of amides is 2. The molecule has 0 aromatic heterocycles. The van der Waals surface area contributed by atoms with Crippen molar-refractivity contribution >= 4 is 29.2 Å². The van der Waals surface area contributed by atoms with E-state index in [1.54, 1.807) is 0 Å². The molecule has 1 heterocycles. The van der Waals surface area contributed by atoms with Gasteiger partial charge in [-0.3, -0.25) is 19.7 Å². The first-order valence-electron chi connectivity index (χ1n) is 6.46. The van der Waals surface area contributed by atoms with Crippen molar-refractivity contribution in [3.8, 4) is 0 Å². The van der Waals surface area contributed by atoms with Crippen LogP contribution in [-0.4, -0.2) is 35.4 Å². The summed E-state index contributed by atoms with van der Waals surface area (Å²) < 4.78 is 4.79. The summed E-state index contributed by atoms with van der Waals surface area (Å²) in [6, 6.07) is 4.66. The van der Waals surface area contributed by atoms with Gasteiger partial charge in [0.15, 0.2) is 6.61 Å². The summed E-state index contributed by atoms with van der Waals surface area (Å²) in [5, 5.41) is 15.4. The lowest BCUT2D eigenvalue weighted by Crippen LogP contribution is -2.36. The summed E-state index contributed by atoms with van der Waals surface area (Å²) in [7, 11) is 0. The van der Waals surface area contributed by atoms with Gasteiger partial charge in [0.1, 0.15) is 6.04 Å². The van der Waals surface area contributed by atoms with E-state index < -0.39 is 29.4 Å². The van der Waals surface area contributed by atoms with Gasteiger partial charge in [0.05, 0.1) is 4.92 Å². The van der Waals surface area contributed by atoms with E-state index in [-0.39, 0.29) is 23.7 Å². The first-order valence-corrected chi connectivity index (χ1v) is 6.46. The summed E-state index contributed by atoms with van der Waals surface area (Å²) in [6.07, 6.45) is 0.587. The molecule has 9 nitrogen and oxygen atoms in total. The molecule has 2 N–H and O–H groups in total. The number of nitro groups is 1. The molecule has 1 aromatic carbocycles. The Morgan fingerprint density at radius 1 is 1.45 bits per heavy atom. The Labute approximate surface area is 124 Å². The van der Waals surface area contributed by atoms with Gasteiger partial charge in [-0.2, -0.15) is 0 Å². The fraction of sp³-hybridized carbons (Fsp3) is 0.308. The van der Waals surface area contributed by atoms with Crippen LogP contribution in [0.4, 0.5) is 11.4 Å². The Hall–Kier alpha value is -2.97. The van der Waals surface area contributed by atoms with E-state index in [0.29, 0.717) is 6.42 Å². The van der Waals surface area contributed by atoms with Gasteiger partial charge in [-0.15, -0.1) is 0 Å². The predicted octanol–water partition coefficient (Wildman–Crippen LogP) is 0.355. The first kappa shape index (κ1) is 15.4. The van der Waals surface area contributed by atoms with Gasteiger partial charge in [0.2, 0.25) is 5.91 Å². The van der Waals surface area contributed by atoms with E-state index in [9.17, 15) is 24.5 Å². The van der Waals surface area contributed by atoms with E-state index in [4.69, 9.17) is 4.74 Å². The van der Waals surface area contributed by atoms with E-state index in [1.165, 1.54) is 24.3 Å². The molecule has 1 atom stereocenters. The SMILES string of the molecule is O=C(COC(=O)[C@@H]1CCC(=O)N1)Nc1cccc([N+](=O)[O-])c1. The molecule has 0 unspecified atom stereocenters. The largest absolute Gasteiger partial charge is 0.454 e. The molecule has 22 heavy (non-hydrogen) atoms. The summed E-state index contributed by atoms with van der Waals surface area (Å²) in [5.74, 6) is -1.54. The minimum Gasteiger partial charge on any atom is -0.454 e. The van der Waals surface area contributed by atoms with Crippen LogP contribution >= 0.6 is 0 Å². The van der Waals surface area contributed by atoms with Gasteiger partial charge < -0.3 is 15.4 Å². The Balaban J connectivity index is 1.83. The minimum atomic E-state index is -0.724. The standard InChI is InChI=1S/C13H13N3O6/c17-11-5-4-10(15-11)13(19)22-7-12(18)14-8-2-1-3-9(6-8)16(20)21/h1-3,6,10H,4-5,7H2,(H,14,18)(H,15,17)/t10-/m0/s1. The zero-order chi connectivity index (χ0) is 16.1. The van der Waals surface area contributed by atoms with Crippen molar-refractivity contribution in [1.29, 1.82) is 0 Å². The van der Waals surface area contributed by atoms with Gasteiger partial charge in [-0.25, -0.2) is 4.79 Å². The Morgan fingerprint density at radius 2 is 2.23 bits per heavy atom. The second-order valence-corrected chi connectivity index (χ2v) is 4.62. The highest BCUT2D eigenvalue weighted by atomic mass is 16.6. The number of esters is 1. The molecule has 2 rings (SSSR count). The molecule has 116 valence electrons. The number of ether oxygens (including phenoxy) is 1. The molecule has 1 aliphatic heterocycles. The molecule has 0 aliphatic carbocycles. The molecule has 0 radical (unpaired) electrons. The quantitative estimate of drug-likeness (QED) is 0.459. The molecule has 1 fully saturated rings. The molecular weight excluding hydrogens is 294 g/mol. The maximum atomic E-state index is 11.6. The van der Waals surface area contributed by atoms with Crippen LogP contribution in [0.25, 0.3) is 0 Å². The third-order valence-corrected chi connectivity index (χ3v) is 2.97. The fourth-order valence-corrected chi connectivity index (χ4v) is 1.92. The zero-order valence-electron chi connectivity index (χ0n) is 11.4. The molecular formula is C13H13N3O6. The normalized spacial score (nSPS) is 16.7. The molecule has 0 saturated carbocycles. The van der Waals surface area contributed by atoms with Crippen molar-refractivity contribution in [2.75, 3.05) is 11.9 Å². The Bertz CT molecular complexity index is 630. The number of nitro benzene ring substituents is 1. The van der Waals surface area contributed by atoms with Crippen molar-refractivity contribution in [3.63, 3.8) is 0 Å². The number of benzene rings is 1. The van der Waals surface area contributed by atoms with Gasteiger partial charge in [0.25, 0.3) is 11.6 Å². The van der Waals surface area contributed by atoms with Crippen molar-refractivity contribution in [3.05, 3.63) is 34.4 Å². The van der Waals surface area contributed by atoms with Crippen molar-refractivity contribution in [2.24, 2.45) is 0 Å². The van der Waals surface area contributed by atoms with Crippen molar-refractivity contribution < 1.29 is 24.0 Å². The number of hydrogen-bond donors (Lipinski definition) is 2. The van der Waals surface area contributed by atoms with Gasteiger partial charge in [-0.05, 0) is 12.5 Å². The number of hydrogen-bond acceptors (Lipinski definition) is 6. The zero-order valence-corrected chi connectivity index (χ0v) is 11.4. The van der Waals surface area contributed by atoms with Crippen molar-refractivity contribution in [1.82, 2.24) is 5.32 Å². The Morgan fingerprint density at radius 3 is 2.86 bits per heavy atom. The highest BCUT2D eigenvalue weighted by Crippen LogP contribution is 2.16. The van der Waals surface area contributed by atoms with Crippen molar-refractivity contribution in [2.45, 2.75) is 18.9 Å². The van der Waals surface area contributed by atoms with Gasteiger partial charge in [0, 0.05) is 24.2 Å². The Kier molecular flexibility index (Phi) is 4.66. The van der Waals surface area contributed by atoms with Crippen LogP contribution in [0, 0.1) is 10.1 Å². The van der Waals surface area contributed by atoms with Gasteiger partial charge >= 0.3 is 5.97 Å². The van der Waals surface area contributed by atoms with E-state index in [1.807, 2.05) is 0 Å². The lowest BCUT2D eigenvalue weighted by molar-refractivity contribution is -0.384. The fourth-order valence-electron chi connectivity index (χ4n) is 1.92. The second kappa shape index (κ2) is 6.66. The van der Waals surface area contributed by atoms with Crippen LogP contribution in [0.2, 0.25) is 0 Å². The maximum Gasteiger partial charge on any atom is 0.329 e. The number of carbonyl (C=O) groups excluding carboxylic acids is 3.